The van der Waals surface area contributed by atoms with Crippen LogP contribution in [0.2, 0.25) is 0 Å². The number of carbonyl (C=O) groups excluding carboxylic acids is 2. The van der Waals surface area contributed by atoms with Crippen LogP contribution in [-0.2, 0) is 6.42 Å². The predicted molar refractivity (Wildman–Crippen MR) is 119 cm³/mol. The lowest BCUT2D eigenvalue weighted by molar-refractivity contribution is -0.384. The molecule has 0 spiro atoms. The summed E-state index contributed by atoms with van der Waals surface area (Å²) < 4.78 is 0. The molecule has 2 amide bonds. The molecule has 0 N–H and O–H groups in total. The quantitative estimate of drug-likeness (QED) is 0.234. The Kier molecular flexibility index (Phi) is 7.52. The van der Waals surface area contributed by atoms with Crippen molar-refractivity contribution in [1.82, 2.24) is 9.80 Å². The van der Waals surface area contributed by atoms with Gasteiger partial charge in [0, 0.05) is 25.2 Å². The van der Waals surface area contributed by atoms with Crippen molar-refractivity contribution in [1.29, 1.82) is 0 Å². The Morgan fingerprint density at radius 1 is 0.968 bits per heavy atom. The summed E-state index contributed by atoms with van der Waals surface area (Å²) >= 11 is 0. The second-order valence-electron chi connectivity index (χ2n) is 7.92. The topological polar surface area (TPSA) is 83.8 Å². The van der Waals surface area contributed by atoms with Crippen LogP contribution in [-0.4, -0.2) is 52.7 Å². The van der Waals surface area contributed by atoms with Gasteiger partial charge in [0.1, 0.15) is 0 Å². The van der Waals surface area contributed by atoms with E-state index in [4.69, 9.17) is 0 Å². The fourth-order valence-corrected chi connectivity index (χ4v) is 3.97. The minimum atomic E-state index is -0.556. The minimum Gasteiger partial charge on any atom is -0.303 e. The van der Waals surface area contributed by atoms with Gasteiger partial charge in [-0.15, -0.1) is 0 Å². The molecule has 7 heteroatoms. The standard InChI is InChI=1S/C24H29N3O4/c1-3-25(16-13-19-10-6-5-9-18(19)2)14-7-4-8-15-26-23(28)21-12-11-20(27(30)31)17-22(21)24(26)29/h5-6,9-12,17H,3-4,7-8,13-16H2,1-2H3. The smallest absolute Gasteiger partial charge is 0.270 e. The predicted octanol–water partition coefficient (Wildman–Crippen LogP) is 4.23. The van der Waals surface area contributed by atoms with Crippen LogP contribution in [0.1, 0.15) is 58.0 Å². The summed E-state index contributed by atoms with van der Waals surface area (Å²) in [6, 6.07) is 12.3. The first-order valence-electron chi connectivity index (χ1n) is 10.8. The van der Waals surface area contributed by atoms with E-state index in [-0.39, 0.29) is 22.7 Å². The number of non-ortho nitro benzene ring substituents is 1. The maximum atomic E-state index is 12.5. The van der Waals surface area contributed by atoms with Gasteiger partial charge in [0.25, 0.3) is 17.5 Å². The molecule has 0 unspecified atom stereocenters. The number of hydrogen-bond acceptors (Lipinski definition) is 5. The van der Waals surface area contributed by atoms with E-state index in [0.29, 0.717) is 6.54 Å². The van der Waals surface area contributed by atoms with E-state index in [0.717, 1.165) is 45.3 Å². The molecule has 7 nitrogen and oxygen atoms in total. The lowest BCUT2D eigenvalue weighted by Crippen LogP contribution is -2.31. The van der Waals surface area contributed by atoms with Crippen molar-refractivity contribution in [3.8, 4) is 0 Å². The maximum absolute atomic E-state index is 12.5. The summed E-state index contributed by atoms with van der Waals surface area (Å²) in [6.07, 6.45) is 3.66. The molecule has 0 aromatic heterocycles. The molecule has 2 aromatic rings. The van der Waals surface area contributed by atoms with Crippen LogP contribution in [0, 0.1) is 17.0 Å². The molecule has 31 heavy (non-hydrogen) atoms. The van der Waals surface area contributed by atoms with Crippen LogP contribution in [0.15, 0.2) is 42.5 Å². The Hall–Kier alpha value is -3.06. The molecular formula is C24H29N3O4. The molecule has 0 atom stereocenters. The van der Waals surface area contributed by atoms with E-state index in [1.807, 2.05) is 0 Å². The third-order valence-electron chi connectivity index (χ3n) is 5.93. The SMILES string of the molecule is CCN(CCCCCN1C(=O)c2ccc([N+](=O)[O-])cc2C1=O)CCc1ccccc1C. The molecule has 0 bridgehead atoms. The van der Waals surface area contributed by atoms with Gasteiger partial charge >= 0.3 is 0 Å². The van der Waals surface area contributed by atoms with Crippen molar-refractivity contribution in [2.24, 2.45) is 0 Å². The van der Waals surface area contributed by atoms with Gasteiger partial charge in [-0.05, 0) is 56.5 Å². The average molecular weight is 424 g/mol. The first kappa shape index (κ1) is 22.6. The first-order valence-corrected chi connectivity index (χ1v) is 10.8. The van der Waals surface area contributed by atoms with Gasteiger partial charge in [-0.25, -0.2) is 0 Å². The highest BCUT2D eigenvalue weighted by atomic mass is 16.6. The van der Waals surface area contributed by atoms with Crippen LogP contribution >= 0.6 is 0 Å². The number of nitro benzene ring substituents is 1. The summed E-state index contributed by atoms with van der Waals surface area (Å²) in [5, 5.41) is 10.9. The second kappa shape index (κ2) is 10.3. The minimum absolute atomic E-state index is 0.132. The number of carbonyl (C=O) groups is 2. The molecule has 1 aliphatic rings. The highest BCUT2D eigenvalue weighted by molar-refractivity contribution is 6.21. The lowest BCUT2D eigenvalue weighted by Gasteiger charge is -2.21. The number of unbranched alkanes of at least 4 members (excludes halogenated alkanes) is 2. The summed E-state index contributed by atoms with van der Waals surface area (Å²) in [4.78, 5) is 39.0. The van der Waals surface area contributed by atoms with Gasteiger partial charge in [0.2, 0.25) is 0 Å². The van der Waals surface area contributed by atoms with Gasteiger partial charge in [0.15, 0.2) is 0 Å². The third kappa shape index (κ3) is 5.35. The second-order valence-corrected chi connectivity index (χ2v) is 7.92. The van der Waals surface area contributed by atoms with Crippen LogP contribution in [0.4, 0.5) is 5.69 Å². The average Bonchev–Trinajstić information content (AvgIpc) is 3.00. The highest BCUT2D eigenvalue weighted by Gasteiger charge is 2.36. The zero-order valence-corrected chi connectivity index (χ0v) is 18.2. The molecule has 1 heterocycles. The van der Waals surface area contributed by atoms with Gasteiger partial charge in [-0.2, -0.15) is 0 Å². The number of nitro groups is 1. The van der Waals surface area contributed by atoms with Gasteiger partial charge in [0.05, 0.1) is 16.1 Å². The number of imide groups is 1. The molecule has 0 aliphatic carbocycles. The largest absolute Gasteiger partial charge is 0.303 e. The van der Waals surface area contributed by atoms with Crippen LogP contribution in [0.3, 0.4) is 0 Å². The number of hydrogen-bond donors (Lipinski definition) is 0. The fourth-order valence-electron chi connectivity index (χ4n) is 3.97. The normalized spacial score (nSPS) is 13.2. The molecule has 0 fully saturated rings. The Morgan fingerprint density at radius 2 is 1.71 bits per heavy atom. The molecule has 164 valence electrons. The van der Waals surface area contributed by atoms with Gasteiger partial charge in [-0.3, -0.25) is 24.6 Å². The zero-order valence-electron chi connectivity index (χ0n) is 18.2. The molecule has 0 radical (unpaired) electrons. The van der Waals surface area contributed by atoms with Crippen molar-refractivity contribution in [2.45, 2.75) is 39.5 Å². The number of amides is 2. The molecular weight excluding hydrogens is 394 g/mol. The van der Waals surface area contributed by atoms with E-state index in [9.17, 15) is 19.7 Å². The highest BCUT2D eigenvalue weighted by Crippen LogP contribution is 2.27. The Labute approximate surface area is 182 Å². The number of fused-ring (bicyclic) bond motifs is 1. The van der Waals surface area contributed by atoms with E-state index >= 15 is 0 Å². The van der Waals surface area contributed by atoms with Gasteiger partial charge < -0.3 is 4.90 Å². The Balaban J connectivity index is 1.43. The summed E-state index contributed by atoms with van der Waals surface area (Å²) in [5.41, 5.74) is 2.92. The number of nitrogens with zero attached hydrogens (tertiary/aromatic N) is 3. The van der Waals surface area contributed by atoms with E-state index in [1.54, 1.807) is 0 Å². The number of likely N-dealkylation sites (N-methyl/N-ethyl adjacent to an activating group) is 1. The first-order chi connectivity index (χ1) is 14.9. The maximum Gasteiger partial charge on any atom is 0.270 e. The Bertz CT molecular complexity index is 973. The van der Waals surface area contributed by atoms with Crippen molar-refractivity contribution in [3.05, 3.63) is 74.8 Å². The monoisotopic (exact) mass is 423 g/mol. The number of benzene rings is 2. The summed E-state index contributed by atoms with van der Waals surface area (Å²) in [5.74, 6) is -0.791. The Morgan fingerprint density at radius 3 is 2.42 bits per heavy atom. The van der Waals surface area contributed by atoms with Crippen molar-refractivity contribution in [2.75, 3.05) is 26.2 Å². The molecule has 1 aliphatic heterocycles. The molecule has 2 aromatic carbocycles. The fraction of sp³-hybridized carbons (Fsp3) is 0.417. The van der Waals surface area contributed by atoms with E-state index in [1.165, 1.54) is 34.2 Å². The van der Waals surface area contributed by atoms with Crippen LogP contribution in [0.25, 0.3) is 0 Å². The molecule has 0 saturated carbocycles. The van der Waals surface area contributed by atoms with Crippen molar-refractivity contribution < 1.29 is 14.5 Å². The van der Waals surface area contributed by atoms with E-state index < -0.39 is 10.8 Å². The van der Waals surface area contributed by atoms with Crippen LogP contribution in [0.5, 0.6) is 0 Å². The number of aryl methyl sites for hydroxylation is 1. The number of rotatable bonds is 11. The summed E-state index contributed by atoms with van der Waals surface area (Å²) in [7, 11) is 0. The third-order valence-corrected chi connectivity index (χ3v) is 5.93. The zero-order chi connectivity index (χ0) is 22.4. The van der Waals surface area contributed by atoms with Gasteiger partial charge in [-0.1, -0.05) is 37.6 Å². The lowest BCUT2D eigenvalue weighted by atomic mass is 10.1. The van der Waals surface area contributed by atoms with Crippen LogP contribution < -0.4 is 0 Å². The molecule has 3 rings (SSSR count). The van der Waals surface area contributed by atoms with Crippen molar-refractivity contribution >= 4 is 17.5 Å². The van der Waals surface area contributed by atoms with Crippen molar-refractivity contribution in [3.63, 3.8) is 0 Å². The summed E-state index contributed by atoms with van der Waals surface area (Å²) in [6.45, 7) is 7.63. The molecule has 0 saturated heterocycles. The van der Waals surface area contributed by atoms with E-state index in [2.05, 4.69) is 43.0 Å².